The number of ether oxygens (including phenoxy) is 1. The summed E-state index contributed by atoms with van der Waals surface area (Å²) in [5.41, 5.74) is 1.00. The van der Waals surface area contributed by atoms with Gasteiger partial charge in [-0.25, -0.2) is 0 Å². The van der Waals surface area contributed by atoms with Crippen LogP contribution >= 0.6 is 11.6 Å². The lowest BCUT2D eigenvalue weighted by molar-refractivity contribution is -0.111. The van der Waals surface area contributed by atoms with E-state index in [1.54, 1.807) is 0 Å². The van der Waals surface area contributed by atoms with Gasteiger partial charge in [0.15, 0.2) is 0 Å². The quantitative estimate of drug-likeness (QED) is 0.895. The summed E-state index contributed by atoms with van der Waals surface area (Å²) in [7, 11) is 0. The molecule has 0 saturated carbocycles. The Morgan fingerprint density at radius 3 is 2.41 bits per heavy atom. The van der Waals surface area contributed by atoms with Crippen molar-refractivity contribution in [3.8, 4) is 0 Å². The maximum atomic E-state index is 9.65. The first-order chi connectivity index (χ1) is 8.12. The molecule has 0 radical (unpaired) electrons. The van der Waals surface area contributed by atoms with Gasteiger partial charge in [-0.1, -0.05) is 43.6 Å². The van der Waals surface area contributed by atoms with Crippen LogP contribution < -0.4 is 0 Å². The van der Waals surface area contributed by atoms with Crippen molar-refractivity contribution in [3.63, 3.8) is 0 Å². The van der Waals surface area contributed by atoms with Gasteiger partial charge in [-0.2, -0.15) is 0 Å². The van der Waals surface area contributed by atoms with Crippen LogP contribution in [0.3, 0.4) is 0 Å². The predicted molar refractivity (Wildman–Crippen MR) is 69.4 cm³/mol. The number of aliphatic hydroxyl groups excluding tert-OH is 1. The second-order valence-corrected chi connectivity index (χ2v) is 5.57. The molecule has 1 N–H and O–H groups in total. The smallest absolute Gasteiger partial charge is 0.0589 e. The molecule has 2 rings (SSSR count). The Balaban J connectivity index is 2.41. The summed E-state index contributed by atoms with van der Waals surface area (Å²) in [6, 6.07) is 7.89. The normalized spacial score (nSPS) is 20.1. The number of aliphatic hydroxyl groups is 1. The molecule has 1 saturated heterocycles. The van der Waals surface area contributed by atoms with E-state index in [1.807, 2.05) is 18.2 Å². The lowest BCUT2D eigenvalue weighted by atomic mass is 9.65. The van der Waals surface area contributed by atoms with E-state index in [0.29, 0.717) is 19.1 Å². The van der Waals surface area contributed by atoms with Crippen molar-refractivity contribution in [2.75, 3.05) is 19.8 Å². The maximum Gasteiger partial charge on any atom is 0.0589 e. The standard InChI is InChI=1S/C14H19ClO2/c1-10(2)12(7-16)14(8-17-9-14)11-5-3-4-6-13(11)15/h3-6,10,12,16H,7-9H2,1-2H3. The number of benzene rings is 1. The molecule has 1 aromatic rings. The Bertz CT molecular complexity index is 386. The molecule has 1 atom stereocenters. The Morgan fingerprint density at radius 2 is 2.00 bits per heavy atom. The van der Waals surface area contributed by atoms with Crippen molar-refractivity contribution in [1.82, 2.24) is 0 Å². The van der Waals surface area contributed by atoms with Crippen molar-refractivity contribution < 1.29 is 9.84 Å². The summed E-state index contributed by atoms with van der Waals surface area (Å²) < 4.78 is 5.41. The van der Waals surface area contributed by atoms with Crippen LogP contribution in [-0.2, 0) is 10.2 Å². The van der Waals surface area contributed by atoms with Crippen LogP contribution in [0.4, 0.5) is 0 Å². The molecule has 0 spiro atoms. The summed E-state index contributed by atoms with van der Waals surface area (Å²) in [4.78, 5) is 0. The second-order valence-electron chi connectivity index (χ2n) is 5.16. The van der Waals surface area contributed by atoms with Gasteiger partial charge in [0.05, 0.1) is 13.2 Å². The minimum atomic E-state index is -0.110. The van der Waals surface area contributed by atoms with Gasteiger partial charge in [0, 0.05) is 17.0 Å². The van der Waals surface area contributed by atoms with E-state index in [1.165, 1.54) is 0 Å². The van der Waals surface area contributed by atoms with E-state index in [-0.39, 0.29) is 17.9 Å². The molecule has 94 valence electrons. The van der Waals surface area contributed by atoms with Gasteiger partial charge in [-0.3, -0.25) is 0 Å². The summed E-state index contributed by atoms with van der Waals surface area (Å²) in [6.07, 6.45) is 0. The average Bonchev–Trinajstić information content (AvgIpc) is 2.24. The van der Waals surface area contributed by atoms with Crippen molar-refractivity contribution in [2.45, 2.75) is 19.3 Å². The summed E-state index contributed by atoms with van der Waals surface area (Å²) in [5.74, 6) is 0.594. The maximum absolute atomic E-state index is 9.65. The molecule has 1 fully saturated rings. The summed E-state index contributed by atoms with van der Waals surface area (Å²) in [6.45, 7) is 5.75. The number of hydrogen-bond donors (Lipinski definition) is 1. The molecule has 0 bridgehead atoms. The van der Waals surface area contributed by atoms with Crippen LogP contribution in [0, 0.1) is 11.8 Å². The van der Waals surface area contributed by atoms with E-state index in [9.17, 15) is 5.11 Å². The van der Waals surface area contributed by atoms with Gasteiger partial charge >= 0.3 is 0 Å². The van der Waals surface area contributed by atoms with Crippen LogP contribution in [0.1, 0.15) is 19.4 Å². The van der Waals surface area contributed by atoms with E-state index in [4.69, 9.17) is 16.3 Å². The summed E-state index contributed by atoms with van der Waals surface area (Å²) >= 11 is 6.29. The van der Waals surface area contributed by atoms with Crippen LogP contribution in [0.25, 0.3) is 0 Å². The van der Waals surface area contributed by atoms with Crippen molar-refractivity contribution in [2.24, 2.45) is 11.8 Å². The fraction of sp³-hybridized carbons (Fsp3) is 0.571. The van der Waals surface area contributed by atoms with Crippen LogP contribution in [0.2, 0.25) is 5.02 Å². The van der Waals surface area contributed by atoms with E-state index in [0.717, 1.165) is 10.6 Å². The summed E-state index contributed by atoms with van der Waals surface area (Å²) in [5, 5.41) is 10.4. The fourth-order valence-electron chi connectivity index (χ4n) is 2.78. The number of hydrogen-bond acceptors (Lipinski definition) is 2. The first-order valence-corrected chi connectivity index (χ1v) is 6.43. The highest BCUT2D eigenvalue weighted by molar-refractivity contribution is 6.31. The highest BCUT2D eigenvalue weighted by Crippen LogP contribution is 2.45. The molecule has 3 heteroatoms. The lowest BCUT2D eigenvalue weighted by Crippen LogP contribution is -2.55. The van der Waals surface area contributed by atoms with Crippen molar-refractivity contribution >= 4 is 11.6 Å². The molecule has 0 amide bonds. The Morgan fingerprint density at radius 1 is 1.35 bits per heavy atom. The molecular weight excluding hydrogens is 236 g/mol. The monoisotopic (exact) mass is 254 g/mol. The fourth-order valence-corrected chi connectivity index (χ4v) is 3.10. The first-order valence-electron chi connectivity index (χ1n) is 6.05. The van der Waals surface area contributed by atoms with E-state index >= 15 is 0 Å². The molecule has 1 heterocycles. The predicted octanol–water partition coefficient (Wildman–Crippen LogP) is 2.87. The largest absolute Gasteiger partial charge is 0.396 e. The third kappa shape index (κ3) is 2.10. The molecule has 1 aliphatic rings. The van der Waals surface area contributed by atoms with Crippen LogP contribution in [0.5, 0.6) is 0 Å². The second kappa shape index (κ2) is 4.97. The zero-order chi connectivity index (χ0) is 12.5. The molecule has 1 aliphatic heterocycles. The zero-order valence-corrected chi connectivity index (χ0v) is 11.1. The topological polar surface area (TPSA) is 29.5 Å². The molecule has 1 unspecified atom stereocenters. The van der Waals surface area contributed by atoms with Gasteiger partial charge in [0.1, 0.15) is 0 Å². The average molecular weight is 255 g/mol. The Kier molecular flexibility index (Phi) is 3.76. The van der Waals surface area contributed by atoms with Crippen LogP contribution in [-0.4, -0.2) is 24.9 Å². The molecular formula is C14H19ClO2. The molecule has 0 aliphatic carbocycles. The van der Waals surface area contributed by atoms with E-state index < -0.39 is 0 Å². The third-order valence-electron chi connectivity index (χ3n) is 3.84. The molecule has 1 aromatic carbocycles. The Labute approximate surface area is 108 Å². The van der Waals surface area contributed by atoms with Crippen LogP contribution in [0.15, 0.2) is 24.3 Å². The van der Waals surface area contributed by atoms with Crippen molar-refractivity contribution in [3.05, 3.63) is 34.9 Å². The minimum Gasteiger partial charge on any atom is -0.396 e. The highest BCUT2D eigenvalue weighted by Gasteiger charge is 2.48. The molecule has 0 aromatic heterocycles. The molecule has 17 heavy (non-hydrogen) atoms. The SMILES string of the molecule is CC(C)C(CO)C1(c2ccccc2Cl)COC1. The highest BCUT2D eigenvalue weighted by atomic mass is 35.5. The van der Waals surface area contributed by atoms with Gasteiger partial charge in [0.25, 0.3) is 0 Å². The molecule has 2 nitrogen and oxygen atoms in total. The zero-order valence-electron chi connectivity index (χ0n) is 10.3. The van der Waals surface area contributed by atoms with Gasteiger partial charge in [-0.15, -0.1) is 0 Å². The van der Waals surface area contributed by atoms with E-state index in [2.05, 4.69) is 19.9 Å². The van der Waals surface area contributed by atoms with Crippen molar-refractivity contribution in [1.29, 1.82) is 0 Å². The Hall–Kier alpha value is -0.570. The lowest BCUT2D eigenvalue weighted by Gasteiger charge is -2.49. The third-order valence-corrected chi connectivity index (χ3v) is 4.17. The minimum absolute atomic E-state index is 0.110. The van der Waals surface area contributed by atoms with Gasteiger partial charge in [0.2, 0.25) is 0 Å². The van der Waals surface area contributed by atoms with Gasteiger partial charge in [-0.05, 0) is 23.5 Å². The number of rotatable bonds is 4. The van der Waals surface area contributed by atoms with Gasteiger partial charge < -0.3 is 9.84 Å². The first kappa shape index (κ1) is 12.9. The number of halogens is 1.